The highest BCUT2D eigenvalue weighted by atomic mass is 16.5. The van der Waals surface area contributed by atoms with Crippen LogP contribution in [0.3, 0.4) is 0 Å². The number of aryl methyl sites for hydroxylation is 1. The number of rotatable bonds is 6. The van der Waals surface area contributed by atoms with Crippen molar-refractivity contribution in [2.45, 2.75) is 20.4 Å². The Morgan fingerprint density at radius 1 is 0.971 bits per heavy atom. The zero-order valence-corrected chi connectivity index (χ0v) is 19.3. The number of amides is 3. The maximum atomic E-state index is 12.6. The van der Waals surface area contributed by atoms with Gasteiger partial charge in [-0.2, -0.15) is 0 Å². The lowest BCUT2D eigenvalue weighted by atomic mass is 10.2. The number of para-hydroxylation sites is 1. The van der Waals surface area contributed by atoms with Crippen LogP contribution in [0.5, 0.6) is 0 Å². The van der Waals surface area contributed by atoms with Crippen molar-refractivity contribution in [1.29, 1.82) is 0 Å². The van der Waals surface area contributed by atoms with E-state index in [4.69, 9.17) is 9.15 Å². The van der Waals surface area contributed by atoms with Gasteiger partial charge in [0, 0.05) is 43.3 Å². The fraction of sp³-hybridized carbons (Fsp3) is 0.320. The SMILES string of the molecule is Cc1cc(C(=O)OCC(=O)N2CCN(C(=O)Nc3ccccc3)CC2)c(C)n1Cc1ccco1. The molecule has 9 heteroatoms. The first kappa shape index (κ1) is 23.2. The zero-order valence-electron chi connectivity index (χ0n) is 19.3. The van der Waals surface area contributed by atoms with Gasteiger partial charge in [0.2, 0.25) is 0 Å². The number of esters is 1. The summed E-state index contributed by atoms with van der Waals surface area (Å²) in [6.07, 6.45) is 1.61. The predicted octanol–water partition coefficient (Wildman–Crippen LogP) is 3.28. The second kappa shape index (κ2) is 10.3. The first-order chi connectivity index (χ1) is 16.4. The third-order valence-electron chi connectivity index (χ3n) is 5.96. The third kappa shape index (κ3) is 5.31. The van der Waals surface area contributed by atoms with Crippen LogP contribution in [-0.4, -0.2) is 65.1 Å². The molecule has 4 rings (SSSR count). The Morgan fingerprint density at radius 3 is 2.35 bits per heavy atom. The molecule has 178 valence electrons. The molecule has 0 unspecified atom stereocenters. The first-order valence-electron chi connectivity index (χ1n) is 11.2. The Kier molecular flexibility index (Phi) is 7.01. The maximum absolute atomic E-state index is 12.6. The summed E-state index contributed by atoms with van der Waals surface area (Å²) in [4.78, 5) is 40.9. The van der Waals surface area contributed by atoms with Crippen LogP contribution in [0.1, 0.15) is 27.5 Å². The number of ether oxygens (including phenoxy) is 1. The number of benzene rings is 1. The minimum absolute atomic E-state index is 0.199. The molecule has 0 bridgehead atoms. The number of anilines is 1. The van der Waals surface area contributed by atoms with Crippen LogP contribution in [-0.2, 0) is 16.1 Å². The van der Waals surface area contributed by atoms with Crippen LogP contribution in [0.25, 0.3) is 0 Å². The van der Waals surface area contributed by atoms with Gasteiger partial charge < -0.3 is 28.8 Å². The van der Waals surface area contributed by atoms with Crippen molar-refractivity contribution in [2.24, 2.45) is 0 Å². The number of aromatic nitrogens is 1. The topological polar surface area (TPSA) is 97.0 Å². The minimum Gasteiger partial charge on any atom is -0.467 e. The molecule has 3 aromatic rings. The van der Waals surface area contributed by atoms with E-state index in [-0.39, 0.29) is 18.5 Å². The molecule has 1 N–H and O–H groups in total. The van der Waals surface area contributed by atoms with Crippen LogP contribution in [0.4, 0.5) is 10.5 Å². The predicted molar refractivity (Wildman–Crippen MR) is 126 cm³/mol. The first-order valence-corrected chi connectivity index (χ1v) is 11.2. The Labute approximate surface area is 197 Å². The number of hydrogen-bond acceptors (Lipinski definition) is 5. The van der Waals surface area contributed by atoms with Crippen molar-refractivity contribution in [3.05, 3.63) is 77.5 Å². The highest BCUT2D eigenvalue weighted by Crippen LogP contribution is 2.18. The molecular formula is C25H28N4O5. The molecule has 34 heavy (non-hydrogen) atoms. The van der Waals surface area contributed by atoms with Gasteiger partial charge in [-0.1, -0.05) is 18.2 Å². The summed E-state index contributed by atoms with van der Waals surface area (Å²) in [5, 5.41) is 2.85. The summed E-state index contributed by atoms with van der Waals surface area (Å²) in [7, 11) is 0. The van der Waals surface area contributed by atoms with E-state index in [0.29, 0.717) is 38.3 Å². The van der Waals surface area contributed by atoms with Gasteiger partial charge in [0.1, 0.15) is 5.76 Å². The van der Waals surface area contributed by atoms with E-state index in [1.54, 1.807) is 22.1 Å². The molecule has 3 amide bonds. The summed E-state index contributed by atoms with van der Waals surface area (Å²) in [5.41, 5.74) is 2.81. The molecule has 9 nitrogen and oxygen atoms in total. The van der Waals surface area contributed by atoms with Gasteiger partial charge in [0.25, 0.3) is 5.91 Å². The number of furan rings is 1. The van der Waals surface area contributed by atoms with Crippen molar-refractivity contribution < 1.29 is 23.5 Å². The van der Waals surface area contributed by atoms with Gasteiger partial charge >= 0.3 is 12.0 Å². The molecule has 1 saturated heterocycles. The fourth-order valence-electron chi connectivity index (χ4n) is 3.99. The van der Waals surface area contributed by atoms with Crippen molar-refractivity contribution in [3.8, 4) is 0 Å². The lowest BCUT2D eigenvalue weighted by Crippen LogP contribution is -2.52. The summed E-state index contributed by atoms with van der Waals surface area (Å²) in [5.74, 6) is -0.0256. The maximum Gasteiger partial charge on any atom is 0.340 e. The molecule has 0 atom stereocenters. The molecule has 0 saturated carbocycles. The van der Waals surface area contributed by atoms with Crippen LogP contribution >= 0.6 is 0 Å². The highest BCUT2D eigenvalue weighted by molar-refractivity contribution is 5.93. The Morgan fingerprint density at radius 2 is 1.68 bits per heavy atom. The number of piperazine rings is 1. The molecular weight excluding hydrogens is 436 g/mol. The highest BCUT2D eigenvalue weighted by Gasteiger charge is 2.25. The lowest BCUT2D eigenvalue weighted by molar-refractivity contribution is -0.135. The largest absolute Gasteiger partial charge is 0.467 e. The number of urea groups is 1. The minimum atomic E-state index is -0.534. The smallest absolute Gasteiger partial charge is 0.340 e. The quantitative estimate of drug-likeness (QED) is 0.565. The Hall–Kier alpha value is -4.01. The van der Waals surface area contributed by atoms with Crippen LogP contribution in [0, 0.1) is 13.8 Å². The monoisotopic (exact) mass is 464 g/mol. The van der Waals surface area contributed by atoms with Crippen LogP contribution in [0.2, 0.25) is 0 Å². The molecule has 1 aromatic carbocycles. The van der Waals surface area contributed by atoms with E-state index in [9.17, 15) is 14.4 Å². The fourth-order valence-corrected chi connectivity index (χ4v) is 3.99. The molecule has 2 aromatic heterocycles. The van der Waals surface area contributed by atoms with E-state index < -0.39 is 5.97 Å². The summed E-state index contributed by atoms with van der Waals surface area (Å²) in [6.45, 7) is 5.51. The summed E-state index contributed by atoms with van der Waals surface area (Å²) < 4.78 is 12.7. The number of carbonyl (C=O) groups excluding carboxylic acids is 3. The number of carbonyl (C=O) groups is 3. The van der Waals surface area contributed by atoms with E-state index in [2.05, 4.69) is 5.32 Å². The summed E-state index contributed by atoms with van der Waals surface area (Å²) >= 11 is 0. The summed E-state index contributed by atoms with van der Waals surface area (Å²) in [6, 6.07) is 14.5. The van der Waals surface area contributed by atoms with Gasteiger partial charge in [0.05, 0.1) is 18.4 Å². The average Bonchev–Trinajstić information content (AvgIpc) is 3.47. The number of hydrogen-bond donors (Lipinski definition) is 1. The zero-order chi connectivity index (χ0) is 24.1. The standard InChI is InChI=1S/C25H28N4O5/c1-18-15-22(19(2)29(18)16-21-9-6-14-33-21)24(31)34-17-23(30)27-10-12-28(13-11-27)25(32)26-20-7-4-3-5-8-20/h3-9,14-15H,10-13,16-17H2,1-2H3,(H,26,32). The van der Waals surface area contributed by atoms with Crippen molar-refractivity contribution in [3.63, 3.8) is 0 Å². The third-order valence-corrected chi connectivity index (χ3v) is 5.96. The second-order valence-corrected chi connectivity index (χ2v) is 8.19. The molecule has 0 spiro atoms. The van der Waals surface area contributed by atoms with Crippen molar-refractivity contribution >= 4 is 23.6 Å². The Bertz CT molecular complexity index is 1150. The van der Waals surface area contributed by atoms with Gasteiger partial charge in [-0.25, -0.2) is 9.59 Å². The number of nitrogens with one attached hydrogen (secondary N) is 1. The average molecular weight is 465 g/mol. The molecule has 0 aliphatic carbocycles. The molecule has 1 fully saturated rings. The lowest BCUT2D eigenvalue weighted by Gasteiger charge is -2.34. The van der Waals surface area contributed by atoms with E-state index in [1.165, 1.54) is 0 Å². The second-order valence-electron chi connectivity index (χ2n) is 8.19. The van der Waals surface area contributed by atoms with Crippen LogP contribution < -0.4 is 5.32 Å². The van der Waals surface area contributed by atoms with E-state index >= 15 is 0 Å². The van der Waals surface area contributed by atoms with Crippen molar-refractivity contribution in [1.82, 2.24) is 14.4 Å². The molecule has 1 aliphatic rings. The van der Waals surface area contributed by atoms with Crippen LogP contribution in [0.15, 0.2) is 59.2 Å². The van der Waals surface area contributed by atoms with Gasteiger partial charge in [-0.3, -0.25) is 4.79 Å². The molecule has 0 radical (unpaired) electrons. The van der Waals surface area contributed by atoms with Gasteiger partial charge in [-0.15, -0.1) is 0 Å². The normalized spacial score (nSPS) is 13.6. The molecule has 3 heterocycles. The van der Waals surface area contributed by atoms with Gasteiger partial charge in [-0.05, 0) is 44.2 Å². The van der Waals surface area contributed by atoms with Gasteiger partial charge in [0.15, 0.2) is 6.61 Å². The Balaban J connectivity index is 1.26. The molecule has 1 aliphatic heterocycles. The van der Waals surface area contributed by atoms with Crippen molar-refractivity contribution in [2.75, 3.05) is 38.1 Å². The number of nitrogens with zero attached hydrogens (tertiary/aromatic N) is 3. The van der Waals surface area contributed by atoms with E-state index in [0.717, 1.165) is 22.8 Å². The van der Waals surface area contributed by atoms with E-state index in [1.807, 2.05) is 60.9 Å².